The molecule has 33 heavy (non-hydrogen) atoms. The molecule has 0 N–H and O–H groups in total. The fourth-order valence-corrected chi connectivity index (χ4v) is 8.86. The highest BCUT2D eigenvalue weighted by Gasteiger charge is 2.39. The highest BCUT2D eigenvalue weighted by Crippen LogP contribution is 2.47. The molecule has 1 atom stereocenters. The molecule has 0 radical (unpaired) electrons. The minimum absolute atomic E-state index is 0.0808. The van der Waals surface area contributed by atoms with Gasteiger partial charge < -0.3 is 4.74 Å². The van der Waals surface area contributed by atoms with E-state index in [0.717, 1.165) is 35.2 Å². The normalized spacial score (nSPS) is 12.1. The number of hydrogen-bond donors (Lipinski definition) is 0. The number of methoxy groups -OCH3 is 1. The van der Waals surface area contributed by atoms with Crippen LogP contribution in [-0.4, -0.2) is 24.2 Å². The molecule has 0 aliphatic heterocycles. The molecule has 3 nitrogen and oxygen atoms in total. The third-order valence-corrected chi connectivity index (χ3v) is 10.4. The second-order valence-electron chi connectivity index (χ2n) is 8.13. The summed E-state index contributed by atoms with van der Waals surface area (Å²) in [5.74, 6) is -0.822. The lowest BCUT2D eigenvalue weighted by molar-refractivity contribution is -0.133. The van der Waals surface area contributed by atoms with Gasteiger partial charge in [-0.2, -0.15) is 0 Å². The first-order chi connectivity index (χ1) is 16.1. The summed E-state index contributed by atoms with van der Waals surface area (Å²) in [4.78, 5) is 27.8. The number of carbonyl (C=O) groups excluding carboxylic acids is 2. The minimum Gasteiger partial charge on any atom is -0.465 e. The van der Waals surface area contributed by atoms with Crippen LogP contribution in [0.2, 0.25) is 0 Å². The zero-order valence-electron chi connectivity index (χ0n) is 19.7. The predicted molar refractivity (Wildman–Crippen MR) is 140 cm³/mol. The van der Waals surface area contributed by atoms with E-state index in [9.17, 15) is 9.59 Å². The quantitative estimate of drug-likeness (QED) is 0.240. The number of Topliss-reactive ketones (excluding diaryl/α,β-unsaturated/α-hetero) is 1. The maximum Gasteiger partial charge on any atom is 0.342 e. The number of ether oxygens (including phenoxy) is 1. The summed E-state index contributed by atoms with van der Waals surface area (Å²) in [5, 5.41) is 3.21. The van der Waals surface area contributed by atoms with Crippen molar-refractivity contribution in [2.24, 2.45) is 5.92 Å². The fraction of sp³-hybridized carbons (Fsp3) is 0.276. The molecule has 0 aliphatic rings. The van der Waals surface area contributed by atoms with Crippen molar-refractivity contribution in [3.63, 3.8) is 0 Å². The highest BCUT2D eigenvalue weighted by atomic mass is 31.2. The van der Waals surface area contributed by atoms with Gasteiger partial charge in [-0.25, -0.2) is 4.79 Å². The van der Waals surface area contributed by atoms with E-state index in [1.165, 1.54) is 7.11 Å². The Labute approximate surface area is 197 Å². The van der Waals surface area contributed by atoms with Gasteiger partial charge in [-0.1, -0.05) is 118 Å². The van der Waals surface area contributed by atoms with Gasteiger partial charge in [0.25, 0.3) is 0 Å². The van der Waals surface area contributed by atoms with Crippen molar-refractivity contribution in [2.45, 2.75) is 39.5 Å². The second kappa shape index (κ2) is 11.8. The Hall–Kier alpha value is -2.90. The van der Waals surface area contributed by atoms with Crippen LogP contribution in [0.4, 0.5) is 0 Å². The molecule has 0 saturated carbocycles. The molecule has 0 amide bonds. The van der Waals surface area contributed by atoms with Gasteiger partial charge in [-0.3, -0.25) is 4.79 Å². The lowest BCUT2D eigenvalue weighted by atomic mass is 9.93. The van der Waals surface area contributed by atoms with Gasteiger partial charge in [0, 0.05) is 5.92 Å². The van der Waals surface area contributed by atoms with Crippen LogP contribution in [-0.2, 0) is 14.3 Å². The Morgan fingerprint density at radius 3 is 1.52 bits per heavy atom. The highest BCUT2D eigenvalue weighted by molar-refractivity contribution is 7.97. The Kier molecular flexibility index (Phi) is 8.86. The number of benzene rings is 3. The molecule has 3 aromatic rings. The molecule has 0 spiro atoms. The van der Waals surface area contributed by atoms with Crippen LogP contribution >= 0.6 is 6.89 Å². The molecule has 4 heteroatoms. The van der Waals surface area contributed by atoms with Crippen LogP contribution in [0, 0.1) is 5.92 Å². The van der Waals surface area contributed by atoms with E-state index in [-0.39, 0.29) is 17.0 Å². The van der Waals surface area contributed by atoms with Crippen LogP contribution in [0.1, 0.15) is 39.5 Å². The van der Waals surface area contributed by atoms with Crippen molar-refractivity contribution in [2.75, 3.05) is 7.11 Å². The zero-order chi connectivity index (χ0) is 23.7. The maximum absolute atomic E-state index is 14.2. The van der Waals surface area contributed by atoms with Crippen molar-refractivity contribution >= 4 is 39.8 Å². The SMILES string of the molecule is CCCCC(CC)C(=O)C(C(=O)OC)=P(c1ccccc1)(c1ccccc1)c1ccccc1. The van der Waals surface area contributed by atoms with Crippen LogP contribution < -0.4 is 15.9 Å². The standard InChI is InChI=1S/C29H33O3P/c1-4-6-16-23(5-2)27(30)28(29(31)32-3)33(24-17-10-7-11-18-24,25-19-12-8-13-20-25)26-21-14-9-15-22-26/h7-15,17-23H,4-6,16H2,1-3H3. The number of hydrogen-bond acceptors (Lipinski definition) is 3. The largest absolute Gasteiger partial charge is 0.465 e. The zero-order valence-corrected chi connectivity index (χ0v) is 20.6. The Morgan fingerprint density at radius 1 is 0.758 bits per heavy atom. The van der Waals surface area contributed by atoms with Crippen molar-refractivity contribution in [3.05, 3.63) is 91.0 Å². The molecule has 0 bridgehead atoms. The summed E-state index contributed by atoms with van der Waals surface area (Å²) >= 11 is 0. The number of ketones is 1. The Bertz CT molecular complexity index is 1000. The third kappa shape index (κ3) is 5.04. The summed E-state index contributed by atoms with van der Waals surface area (Å²) in [6.07, 6.45) is 3.42. The van der Waals surface area contributed by atoms with Crippen LogP contribution in [0.3, 0.4) is 0 Å². The Morgan fingerprint density at radius 2 is 1.18 bits per heavy atom. The van der Waals surface area contributed by atoms with Crippen molar-refractivity contribution < 1.29 is 14.3 Å². The lowest BCUT2D eigenvalue weighted by Gasteiger charge is -2.32. The molecular weight excluding hydrogens is 427 g/mol. The molecule has 0 heterocycles. The summed E-state index contributed by atoms with van der Waals surface area (Å²) in [7, 11) is 1.37. The molecule has 0 fully saturated rings. The van der Waals surface area contributed by atoms with Crippen molar-refractivity contribution in [3.8, 4) is 0 Å². The molecule has 1 unspecified atom stereocenters. The van der Waals surface area contributed by atoms with Gasteiger partial charge in [0.2, 0.25) is 0 Å². The van der Waals surface area contributed by atoms with E-state index in [1.807, 2.05) is 97.9 Å². The molecule has 0 saturated heterocycles. The van der Waals surface area contributed by atoms with Crippen LogP contribution in [0.25, 0.3) is 0 Å². The van der Waals surface area contributed by atoms with Gasteiger partial charge in [0.15, 0.2) is 5.78 Å². The average molecular weight is 461 g/mol. The molecule has 0 aromatic heterocycles. The average Bonchev–Trinajstić information content (AvgIpc) is 2.88. The maximum atomic E-state index is 14.2. The number of unbranched alkanes of at least 4 members (excludes halogenated alkanes) is 1. The summed E-state index contributed by atoms with van der Waals surface area (Å²) in [6, 6.07) is 30.0. The number of carbonyl (C=O) groups is 2. The summed E-state index contributed by atoms with van der Waals surface area (Å²) < 4.78 is 5.33. The smallest absolute Gasteiger partial charge is 0.342 e. The first-order valence-electron chi connectivity index (χ1n) is 11.7. The van der Waals surface area contributed by atoms with Crippen LogP contribution in [0.15, 0.2) is 91.0 Å². The summed E-state index contributed by atoms with van der Waals surface area (Å²) in [6.45, 7) is 1.35. The first kappa shape index (κ1) is 24.7. The molecule has 3 rings (SSSR count). The van der Waals surface area contributed by atoms with E-state index in [4.69, 9.17) is 4.74 Å². The van der Waals surface area contributed by atoms with Crippen molar-refractivity contribution in [1.82, 2.24) is 0 Å². The molecule has 3 aromatic carbocycles. The molecule has 0 aliphatic carbocycles. The monoisotopic (exact) mass is 460 g/mol. The van der Waals surface area contributed by atoms with E-state index in [0.29, 0.717) is 6.42 Å². The molecular formula is C29H33O3P. The van der Waals surface area contributed by atoms with E-state index in [1.54, 1.807) is 0 Å². The third-order valence-electron chi connectivity index (χ3n) is 6.15. The molecule has 172 valence electrons. The Balaban J connectivity index is 2.55. The summed E-state index contributed by atoms with van der Waals surface area (Å²) in [5.41, 5.74) is 0. The van der Waals surface area contributed by atoms with E-state index >= 15 is 0 Å². The second-order valence-corrected chi connectivity index (χ2v) is 11.5. The fourth-order valence-electron chi connectivity index (χ4n) is 4.45. The number of rotatable bonds is 10. The van der Waals surface area contributed by atoms with Gasteiger partial charge >= 0.3 is 5.97 Å². The topological polar surface area (TPSA) is 43.4 Å². The number of esters is 1. The predicted octanol–water partition coefficient (Wildman–Crippen LogP) is 5.11. The minimum atomic E-state index is -2.80. The van der Waals surface area contributed by atoms with Gasteiger partial charge in [-0.15, -0.1) is 0 Å². The van der Waals surface area contributed by atoms with Crippen LogP contribution in [0.5, 0.6) is 0 Å². The van der Waals surface area contributed by atoms with Crippen molar-refractivity contribution in [1.29, 1.82) is 0 Å². The first-order valence-corrected chi connectivity index (χ1v) is 13.5. The van der Waals surface area contributed by atoms with Gasteiger partial charge in [0.05, 0.1) is 7.11 Å². The van der Waals surface area contributed by atoms with Gasteiger partial charge in [0.1, 0.15) is 5.29 Å². The van der Waals surface area contributed by atoms with E-state index < -0.39 is 12.9 Å². The van der Waals surface area contributed by atoms with Gasteiger partial charge in [-0.05, 0) is 35.6 Å². The van der Waals surface area contributed by atoms with E-state index in [2.05, 4.69) is 6.92 Å². The lowest BCUT2D eigenvalue weighted by Crippen LogP contribution is -2.40.